The van der Waals surface area contributed by atoms with Crippen LogP contribution in [0.3, 0.4) is 0 Å². The zero-order chi connectivity index (χ0) is 12.0. The molecule has 0 spiro atoms. The number of sulfone groups is 1. The monoisotopic (exact) mass is 245 g/mol. The predicted octanol–water partition coefficient (Wildman–Crippen LogP) is 1.38. The van der Waals surface area contributed by atoms with Crippen molar-refractivity contribution in [1.82, 2.24) is 4.68 Å². The first-order valence-electron chi connectivity index (χ1n) is 4.86. The lowest BCUT2D eigenvalue weighted by molar-refractivity contribution is 0.583. The van der Waals surface area contributed by atoms with Gasteiger partial charge in [-0.3, -0.25) is 10.1 Å². The molecule has 84 valence electrons. The third kappa shape index (κ3) is 1.26. The van der Waals surface area contributed by atoms with Gasteiger partial charge in [0.05, 0.1) is 16.1 Å². The topological polar surface area (TPSA) is 74.9 Å². The van der Waals surface area contributed by atoms with E-state index in [1.807, 2.05) is 6.07 Å². The van der Waals surface area contributed by atoms with E-state index in [2.05, 4.69) is 5.43 Å². The summed E-state index contributed by atoms with van der Waals surface area (Å²) >= 11 is 0. The molecule has 0 unspecified atom stereocenters. The summed E-state index contributed by atoms with van der Waals surface area (Å²) in [5, 5.41) is 8.88. The van der Waals surface area contributed by atoms with Gasteiger partial charge in [-0.2, -0.15) is 5.26 Å². The molecular weight excluding hydrogens is 238 g/mol. The fraction of sp³-hybridized carbons (Fsp3) is 0. The fourth-order valence-corrected chi connectivity index (χ4v) is 3.36. The Morgan fingerprint density at radius 3 is 2.82 bits per heavy atom. The van der Waals surface area contributed by atoms with Crippen molar-refractivity contribution < 1.29 is 8.42 Å². The Bertz CT molecular complexity index is 753. The number of nitrogens with one attached hydrogen (secondary N) is 1. The molecule has 0 saturated carbocycles. The lowest BCUT2D eigenvalue weighted by atomic mass is 10.3. The van der Waals surface area contributed by atoms with Crippen LogP contribution in [0, 0.1) is 11.3 Å². The number of anilines is 1. The Labute approximate surface area is 97.8 Å². The molecule has 0 amide bonds. The molecule has 1 aliphatic heterocycles. The van der Waals surface area contributed by atoms with Gasteiger partial charge in [-0.1, -0.05) is 12.1 Å². The molecule has 2 aromatic rings. The van der Waals surface area contributed by atoms with Crippen LogP contribution >= 0.6 is 0 Å². The van der Waals surface area contributed by atoms with E-state index >= 15 is 0 Å². The highest BCUT2D eigenvalue weighted by molar-refractivity contribution is 7.91. The van der Waals surface area contributed by atoms with Crippen LogP contribution in [0.2, 0.25) is 0 Å². The van der Waals surface area contributed by atoms with E-state index in [0.717, 1.165) is 0 Å². The standard InChI is InChI=1S/C11H7N3O2S/c12-6-8-5-11-14(7-8)13-9-3-1-2-4-10(9)17(11,15)16/h1-5,7,13H. The normalized spacial score (nSPS) is 15.2. The van der Waals surface area contributed by atoms with Crippen molar-refractivity contribution >= 4 is 15.5 Å². The van der Waals surface area contributed by atoms with E-state index in [1.54, 1.807) is 24.3 Å². The Hall–Kier alpha value is -2.26. The van der Waals surface area contributed by atoms with Gasteiger partial charge in [0.15, 0.2) is 5.03 Å². The number of benzene rings is 1. The van der Waals surface area contributed by atoms with E-state index in [9.17, 15) is 8.42 Å². The van der Waals surface area contributed by atoms with Crippen LogP contribution in [-0.2, 0) is 9.84 Å². The number of hydrogen-bond donors (Lipinski definition) is 1. The van der Waals surface area contributed by atoms with Gasteiger partial charge in [-0.25, -0.2) is 8.42 Å². The van der Waals surface area contributed by atoms with Crippen molar-refractivity contribution in [2.45, 2.75) is 9.92 Å². The van der Waals surface area contributed by atoms with Crippen molar-refractivity contribution in [2.75, 3.05) is 5.43 Å². The molecule has 0 saturated heterocycles. The molecule has 0 bridgehead atoms. The number of nitriles is 1. The summed E-state index contributed by atoms with van der Waals surface area (Å²) < 4.78 is 25.9. The number of fused-ring (bicyclic) bond motifs is 2. The molecule has 0 atom stereocenters. The van der Waals surface area contributed by atoms with E-state index in [1.165, 1.54) is 16.9 Å². The van der Waals surface area contributed by atoms with Gasteiger partial charge in [0.1, 0.15) is 6.07 Å². The molecule has 1 aliphatic rings. The number of hydrogen-bond acceptors (Lipinski definition) is 4. The summed E-state index contributed by atoms with van der Waals surface area (Å²) in [4.78, 5) is 0.232. The summed E-state index contributed by atoms with van der Waals surface area (Å²) in [6, 6.07) is 9.93. The summed E-state index contributed by atoms with van der Waals surface area (Å²) in [7, 11) is -3.54. The van der Waals surface area contributed by atoms with Crippen LogP contribution in [0.5, 0.6) is 0 Å². The highest BCUT2D eigenvalue weighted by atomic mass is 32.2. The summed E-state index contributed by atoms with van der Waals surface area (Å²) in [6.07, 6.45) is 1.46. The van der Waals surface area contributed by atoms with Crippen molar-refractivity contribution in [1.29, 1.82) is 5.26 Å². The number of aromatic nitrogens is 1. The third-order valence-corrected chi connectivity index (χ3v) is 4.41. The van der Waals surface area contributed by atoms with E-state index < -0.39 is 9.84 Å². The second kappa shape index (κ2) is 3.12. The maximum absolute atomic E-state index is 12.3. The van der Waals surface area contributed by atoms with Crippen LogP contribution in [0.4, 0.5) is 5.69 Å². The van der Waals surface area contributed by atoms with Gasteiger partial charge in [-0.05, 0) is 18.2 Å². The minimum Gasteiger partial charge on any atom is -0.292 e. The number of para-hydroxylation sites is 1. The second-order valence-electron chi connectivity index (χ2n) is 3.66. The van der Waals surface area contributed by atoms with Crippen LogP contribution in [-0.4, -0.2) is 13.1 Å². The highest BCUT2D eigenvalue weighted by Crippen LogP contribution is 2.32. The Morgan fingerprint density at radius 2 is 2.06 bits per heavy atom. The van der Waals surface area contributed by atoms with E-state index in [0.29, 0.717) is 11.3 Å². The quantitative estimate of drug-likeness (QED) is 0.649. The lowest BCUT2D eigenvalue weighted by Gasteiger charge is -2.20. The van der Waals surface area contributed by atoms with Crippen LogP contribution in [0.1, 0.15) is 5.56 Å². The highest BCUT2D eigenvalue weighted by Gasteiger charge is 2.30. The minimum atomic E-state index is -3.54. The van der Waals surface area contributed by atoms with Crippen molar-refractivity contribution in [3.63, 3.8) is 0 Å². The molecule has 1 aromatic heterocycles. The maximum atomic E-state index is 12.3. The second-order valence-corrected chi connectivity index (χ2v) is 5.53. The maximum Gasteiger partial charge on any atom is 0.225 e. The van der Waals surface area contributed by atoms with E-state index in [-0.39, 0.29) is 9.92 Å². The first kappa shape index (κ1) is 9.93. The van der Waals surface area contributed by atoms with Gasteiger partial charge < -0.3 is 0 Å². The fourth-order valence-electron chi connectivity index (χ4n) is 1.83. The van der Waals surface area contributed by atoms with Gasteiger partial charge in [0, 0.05) is 6.20 Å². The first-order chi connectivity index (χ1) is 8.13. The minimum absolute atomic E-state index is 0.0905. The smallest absolute Gasteiger partial charge is 0.225 e. The molecular formula is C11H7N3O2S. The molecule has 6 heteroatoms. The SMILES string of the molecule is N#Cc1cc2n(c1)Nc1ccccc1S2(=O)=O. The van der Waals surface area contributed by atoms with E-state index in [4.69, 9.17) is 5.26 Å². The van der Waals surface area contributed by atoms with Gasteiger partial charge in [0.25, 0.3) is 0 Å². The molecule has 0 aliphatic carbocycles. The van der Waals surface area contributed by atoms with Crippen LogP contribution in [0.15, 0.2) is 46.5 Å². The van der Waals surface area contributed by atoms with Gasteiger partial charge in [0.2, 0.25) is 9.84 Å². The van der Waals surface area contributed by atoms with Crippen molar-refractivity contribution in [3.8, 4) is 6.07 Å². The summed E-state index contributed by atoms with van der Waals surface area (Å²) in [5.41, 5.74) is 3.76. The molecule has 1 N–H and O–H groups in total. The van der Waals surface area contributed by atoms with Gasteiger partial charge in [-0.15, -0.1) is 0 Å². The lowest BCUT2D eigenvalue weighted by Crippen LogP contribution is -2.22. The van der Waals surface area contributed by atoms with Gasteiger partial charge >= 0.3 is 0 Å². The average Bonchev–Trinajstić information content (AvgIpc) is 2.73. The largest absolute Gasteiger partial charge is 0.292 e. The zero-order valence-electron chi connectivity index (χ0n) is 8.58. The average molecular weight is 245 g/mol. The van der Waals surface area contributed by atoms with Crippen LogP contribution in [0.25, 0.3) is 0 Å². The molecule has 0 radical (unpaired) electrons. The Morgan fingerprint density at radius 1 is 1.29 bits per heavy atom. The molecule has 2 heterocycles. The molecule has 5 nitrogen and oxygen atoms in total. The third-order valence-electron chi connectivity index (χ3n) is 2.61. The molecule has 1 aromatic carbocycles. The number of nitrogens with zero attached hydrogens (tertiary/aromatic N) is 2. The summed E-state index contributed by atoms with van der Waals surface area (Å²) in [6.45, 7) is 0. The molecule has 3 rings (SSSR count). The first-order valence-corrected chi connectivity index (χ1v) is 6.35. The molecule has 0 fully saturated rings. The predicted molar refractivity (Wildman–Crippen MR) is 60.1 cm³/mol. The van der Waals surface area contributed by atoms with Crippen molar-refractivity contribution in [3.05, 3.63) is 42.1 Å². The zero-order valence-corrected chi connectivity index (χ0v) is 9.40. The Balaban J connectivity index is 2.34. The van der Waals surface area contributed by atoms with Crippen molar-refractivity contribution in [2.24, 2.45) is 0 Å². The van der Waals surface area contributed by atoms with Crippen LogP contribution < -0.4 is 5.43 Å². The number of rotatable bonds is 0. The Kier molecular flexibility index (Phi) is 1.82. The summed E-state index contributed by atoms with van der Waals surface area (Å²) in [5.74, 6) is 0. The molecule has 17 heavy (non-hydrogen) atoms.